The fourth-order valence-electron chi connectivity index (χ4n) is 3.89. The highest BCUT2D eigenvalue weighted by molar-refractivity contribution is 5.78. The first-order valence-electron chi connectivity index (χ1n) is 9.49. The van der Waals surface area contributed by atoms with E-state index >= 15 is 0 Å². The van der Waals surface area contributed by atoms with Gasteiger partial charge in [-0.2, -0.15) is 0 Å². The first kappa shape index (κ1) is 17.3. The largest absolute Gasteiger partial charge is 0.493 e. The van der Waals surface area contributed by atoms with Crippen molar-refractivity contribution >= 4 is 5.91 Å². The van der Waals surface area contributed by atoms with Crippen molar-refractivity contribution in [3.05, 3.63) is 30.3 Å². The smallest absolute Gasteiger partial charge is 0.234 e. The molecular weight excluding hydrogens is 300 g/mol. The van der Waals surface area contributed by atoms with Crippen LogP contribution in [-0.4, -0.2) is 43.1 Å². The minimum atomic E-state index is 0.200. The third-order valence-corrected chi connectivity index (χ3v) is 5.17. The van der Waals surface area contributed by atoms with Crippen molar-refractivity contribution < 1.29 is 9.53 Å². The highest BCUT2D eigenvalue weighted by Gasteiger charge is 2.23. The summed E-state index contributed by atoms with van der Waals surface area (Å²) >= 11 is 0. The number of hydrogen-bond donors (Lipinski definition) is 1. The number of para-hydroxylation sites is 1. The molecule has 4 heteroatoms. The SMILES string of the molecule is O=C(CN1CCCC(COc2ccccc2)C1)NC1CCCCC1. The maximum Gasteiger partial charge on any atom is 0.234 e. The van der Waals surface area contributed by atoms with Crippen LogP contribution < -0.4 is 10.1 Å². The second-order valence-electron chi connectivity index (χ2n) is 7.27. The van der Waals surface area contributed by atoms with Crippen LogP contribution in [0, 0.1) is 5.92 Å². The molecule has 132 valence electrons. The standard InChI is InChI=1S/C20H30N2O2/c23-20(21-18-9-3-1-4-10-18)15-22-13-7-8-17(14-22)16-24-19-11-5-2-6-12-19/h2,5-6,11-12,17-18H,1,3-4,7-10,13-16H2,(H,21,23). The molecule has 24 heavy (non-hydrogen) atoms. The molecule has 1 heterocycles. The fourth-order valence-corrected chi connectivity index (χ4v) is 3.89. The van der Waals surface area contributed by atoms with Crippen molar-refractivity contribution in [1.82, 2.24) is 10.2 Å². The van der Waals surface area contributed by atoms with E-state index in [-0.39, 0.29) is 5.91 Å². The summed E-state index contributed by atoms with van der Waals surface area (Å²) in [6, 6.07) is 10.4. The van der Waals surface area contributed by atoms with E-state index in [1.807, 2.05) is 30.3 Å². The number of nitrogens with one attached hydrogen (secondary N) is 1. The first-order valence-corrected chi connectivity index (χ1v) is 9.49. The van der Waals surface area contributed by atoms with Crippen LogP contribution in [0.5, 0.6) is 5.75 Å². The maximum absolute atomic E-state index is 12.3. The minimum absolute atomic E-state index is 0.200. The van der Waals surface area contributed by atoms with Crippen LogP contribution in [0.2, 0.25) is 0 Å². The molecule has 1 N–H and O–H groups in total. The fraction of sp³-hybridized carbons (Fsp3) is 0.650. The lowest BCUT2D eigenvalue weighted by atomic mass is 9.95. The van der Waals surface area contributed by atoms with Crippen molar-refractivity contribution in [3.63, 3.8) is 0 Å². The molecule has 2 fully saturated rings. The zero-order valence-corrected chi connectivity index (χ0v) is 14.6. The van der Waals surface area contributed by atoms with E-state index < -0.39 is 0 Å². The van der Waals surface area contributed by atoms with E-state index in [0.717, 1.165) is 44.7 Å². The number of hydrogen-bond acceptors (Lipinski definition) is 3. The highest BCUT2D eigenvalue weighted by atomic mass is 16.5. The monoisotopic (exact) mass is 330 g/mol. The zero-order chi connectivity index (χ0) is 16.6. The zero-order valence-electron chi connectivity index (χ0n) is 14.6. The maximum atomic E-state index is 12.3. The highest BCUT2D eigenvalue weighted by Crippen LogP contribution is 2.19. The molecule has 0 spiro atoms. The van der Waals surface area contributed by atoms with Gasteiger partial charge in [-0.3, -0.25) is 9.69 Å². The summed E-state index contributed by atoms with van der Waals surface area (Å²) in [7, 11) is 0. The van der Waals surface area contributed by atoms with Crippen LogP contribution >= 0.6 is 0 Å². The van der Waals surface area contributed by atoms with Crippen LogP contribution in [0.1, 0.15) is 44.9 Å². The van der Waals surface area contributed by atoms with Crippen molar-refractivity contribution in [1.29, 1.82) is 0 Å². The van der Waals surface area contributed by atoms with Gasteiger partial charge in [-0.05, 0) is 44.4 Å². The van der Waals surface area contributed by atoms with Gasteiger partial charge in [-0.15, -0.1) is 0 Å². The number of nitrogens with zero attached hydrogens (tertiary/aromatic N) is 1. The predicted octanol–water partition coefficient (Wildman–Crippen LogP) is 3.23. The van der Waals surface area contributed by atoms with Crippen LogP contribution in [0.3, 0.4) is 0 Å². The van der Waals surface area contributed by atoms with E-state index in [9.17, 15) is 4.79 Å². The number of likely N-dealkylation sites (tertiary alicyclic amines) is 1. The molecule has 1 saturated carbocycles. The predicted molar refractivity (Wildman–Crippen MR) is 96.1 cm³/mol. The summed E-state index contributed by atoms with van der Waals surface area (Å²) in [5.74, 6) is 1.65. The van der Waals surface area contributed by atoms with Crippen molar-refractivity contribution in [2.45, 2.75) is 51.0 Å². The van der Waals surface area contributed by atoms with Crippen LogP contribution in [0.15, 0.2) is 30.3 Å². The lowest BCUT2D eigenvalue weighted by Crippen LogP contribution is -2.46. The van der Waals surface area contributed by atoms with Gasteiger partial charge in [0.2, 0.25) is 5.91 Å². The second-order valence-corrected chi connectivity index (χ2v) is 7.27. The Kier molecular flexibility index (Phi) is 6.53. The lowest BCUT2D eigenvalue weighted by Gasteiger charge is -2.32. The molecule has 1 amide bonds. The average Bonchev–Trinajstić information content (AvgIpc) is 2.62. The van der Waals surface area contributed by atoms with Gasteiger partial charge >= 0.3 is 0 Å². The van der Waals surface area contributed by atoms with Gasteiger partial charge in [-0.25, -0.2) is 0 Å². The molecule has 0 radical (unpaired) electrons. The summed E-state index contributed by atoms with van der Waals surface area (Å²) in [6.07, 6.45) is 8.48. The Morgan fingerprint density at radius 2 is 1.88 bits per heavy atom. The lowest BCUT2D eigenvalue weighted by molar-refractivity contribution is -0.123. The average molecular weight is 330 g/mol. The van der Waals surface area contributed by atoms with E-state index in [2.05, 4.69) is 10.2 Å². The topological polar surface area (TPSA) is 41.6 Å². The number of benzene rings is 1. The van der Waals surface area contributed by atoms with E-state index in [4.69, 9.17) is 4.74 Å². The van der Waals surface area contributed by atoms with Gasteiger partial charge in [0.15, 0.2) is 0 Å². The second kappa shape index (κ2) is 9.07. The van der Waals surface area contributed by atoms with Gasteiger partial charge in [0.25, 0.3) is 0 Å². The summed E-state index contributed by atoms with van der Waals surface area (Å²) < 4.78 is 5.89. The molecule has 1 aromatic carbocycles. The molecule has 1 unspecified atom stereocenters. The number of ether oxygens (including phenoxy) is 1. The van der Waals surface area contributed by atoms with E-state index in [1.54, 1.807) is 0 Å². The van der Waals surface area contributed by atoms with Gasteiger partial charge < -0.3 is 10.1 Å². The Morgan fingerprint density at radius 1 is 1.08 bits per heavy atom. The molecule has 2 aliphatic rings. The number of carbonyl (C=O) groups is 1. The third-order valence-electron chi connectivity index (χ3n) is 5.17. The molecule has 4 nitrogen and oxygen atoms in total. The molecule has 1 saturated heterocycles. The quantitative estimate of drug-likeness (QED) is 0.871. The normalized spacial score (nSPS) is 22.9. The Bertz CT molecular complexity index is 500. The van der Waals surface area contributed by atoms with Crippen molar-refractivity contribution in [2.24, 2.45) is 5.92 Å². The number of rotatable bonds is 6. The molecule has 0 aromatic heterocycles. The van der Waals surface area contributed by atoms with Crippen LogP contribution in [0.4, 0.5) is 0 Å². The third kappa shape index (κ3) is 5.52. The van der Waals surface area contributed by atoms with E-state index in [0.29, 0.717) is 18.5 Å². The summed E-state index contributed by atoms with van der Waals surface area (Å²) in [5, 5.41) is 3.23. The van der Waals surface area contributed by atoms with Crippen LogP contribution in [0.25, 0.3) is 0 Å². The Morgan fingerprint density at radius 3 is 2.67 bits per heavy atom. The molecule has 1 aromatic rings. The van der Waals surface area contributed by atoms with Gasteiger partial charge in [0, 0.05) is 18.5 Å². The Labute approximate surface area is 145 Å². The van der Waals surface area contributed by atoms with Gasteiger partial charge in [-0.1, -0.05) is 37.5 Å². The molecular formula is C20H30N2O2. The van der Waals surface area contributed by atoms with Gasteiger partial charge in [0.1, 0.15) is 5.75 Å². The summed E-state index contributed by atoms with van der Waals surface area (Å²) in [6.45, 7) is 3.27. The van der Waals surface area contributed by atoms with Crippen molar-refractivity contribution in [3.8, 4) is 5.75 Å². The minimum Gasteiger partial charge on any atom is -0.493 e. The number of amides is 1. The molecule has 1 aliphatic heterocycles. The van der Waals surface area contributed by atoms with Gasteiger partial charge in [0.05, 0.1) is 13.2 Å². The Balaban J connectivity index is 1.39. The number of carbonyl (C=O) groups excluding carboxylic acids is 1. The molecule has 1 atom stereocenters. The van der Waals surface area contributed by atoms with E-state index in [1.165, 1.54) is 25.7 Å². The summed E-state index contributed by atoms with van der Waals surface area (Å²) in [4.78, 5) is 14.6. The summed E-state index contributed by atoms with van der Waals surface area (Å²) in [5.41, 5.74) is 0. The van der Waals surface area contributed by atoms with Crippen LogP contribution in [-0.2, 0) is 4.79 Å². The number of piperidine rings is 1. The Hall–Kier alpha value is -1.55. The molecule has 1 aliphatic carbocycles. The van der Waals surface area contributed by atoms with Crippen molar-refractivity contribution in [2.75, 3.05) is 26.2 Å². The molecule has 0 bridgehead atoms. The first-order chi connectivity index (χ1) is 11.8. The molecule has 3 rings (SSSR count).